The van der Waals surface area contributed by atoms with Gasteiger partial charge >= 0.3 is 0 Å². The summed E-state index contributed by atoms with van der Waals surface area (Å²) < 4.78 is 0.754. The van der Waals surface area contributed by atoms with Crippen LogP contribution in [0.2, 0.25) is 0 Å². The average Bonchev–Trinajstić information content (AvgIpc) is 2.23. The van der Waals surface area contributed by atoms with Crippen LogP contribution in [-0.4, -0.2) is 27.7 Å². The maximum Gasteiger partial charge on any atom is 0.137 e. The lowest BCUT2D eigenvalue weighted by atomic mass is 9.96. The molecule has 1 aromatic heterocycles. The summed E-state index contributed by atoms with van der Waals surface area (Å²) in [6.45, 7) is 10.7. The third-order valence-corrected chi connectivity index (χ3v) is 3.03. The molecule has 2 N–H and O–H groups in total. The van der Waals surface area contributed by atoms with Crippen LogP contribution in [0, 0.1) is 5.92 Å². The van der Waals surface area contributed by atoms with Gasteiger partial charge in [0, 0.05) is 18.0 Å². The Bertz CT molecular complexity index is 402. The Kier molecular flexibility index (Phi) is 5.10. The van der Waals surface area contributed by atoms with Crippen molar-refractivity contribution in [1.82, 2.24) is 9.97 Å². The second-order valence-corrected chi connectivity index (χ2v) is 6.65. The van der Waals surface area contributed by atoms with E-state index in [9.17, 15) is 5.11 Å². The fraction of sp³-hybridized carbons (Fsp3) is 0.692. The number of nitrogens with zero attached hydrogens (tertiary/aromatic N) is 2. The maximum atomic E-state index is 9.77. The first-order valence-electron chi connectivity index (χ1n) is 6.17. The van der Waals surface area contributed by atoms with E-state index in [0.717, 1.165) is 16.2 Å². The van der Waals surface area contributed by atoms with Crippen LogP contribution in [0.4, 0.5) is 5.82 Å². The molecule has 0 amide bonds. The van der Waals surface area contributed by atoms with E-state index in [1.807, 2.05) is 19.9 Å². The van der Waals surface area contributed by atoms with Gasteiger partial charge in [-0.3, -0.25) is 0 Å². The molecule has 4 nitrogen and oxygen atoms in total. The molecule has 1 heterocycles. The molecule has 0 aliphatic carbocycles. The number of aliphatic hydroxyl groups excluding tert-OH is 1. The van der Waals surface area contributed by atoms with E-state index in [1.165, 1.54) is 0 Å². The highest BCUT2D eigenvalue weighted by Gasteiger charge is 2.19. The third-order valence-electron chi connectivity index (χ3n) is 2.63. The molecule has 0 aliphatic heterocycles. The molecule has 0 saturated carbocycles. The van der Waals surface area contributed by atoms with Crippen molar-refractivity contribution < 1.29 is 5.11 Å². The van der Waals surface area contributed by atoms with Crippen LogP contribution in [0.1, 0.15) is 40.4 Å². The summed E-state index contributed by atoms with van der Waals surface area (Å²) in [7, 11) is 0. The van der Waals surface area contributed by atoms with E-state index in [4.69, 9.17) is 0 Å². The van der Waals surface area contributed by atoms with Crippen LogP contribution >= 0.6 is 15.9 Å². The van der Waals surface area contributed by atoms with Gasteiger partial charge in [0.15, 0.2) is 0 Å². The van der Waals surface area contributed by atoms with E-state index in [2.05, 4.69) is 52.0 Å². The lowest BCUT2D eigenvalue weighted by Gasteiger charge is -2.19. The van der Waals surface area contributed by atoms with Gasteiger partial charge < -0.3 is 10.4 Å². The molecule has 102 valence electrons. The first-order chi connectivity index (χ1) is 8.20. The molecule has 1 unspecified atom stereocenters. The van der Waals surface area contributed by atoms with Crippen LogP contribution < -0.4 is 5.32 Å². The fourth-order valence-corrected chi connectivity index (χ4v) is 1.67. The minimum Gasteiger partial charge on any atom is -0.391 e. The standard InChI is InChI=1S/C13H22BrN3O/c1-8(2)9(18)7-15-11-6-10(14)16-12(17-11)13(3,4)5/h6,8-9,18H,7H2,1-5H3,(H,15,16,17). The number of hydrogen-bond acceptors (Lipinski definition) is 4. The van der Waals surface area contributed by atoms with Gasteiger partial charge in [0.05, 0.1) is 6.10 Å². The number of rotatable bonds is 4. The number of halogens is 1. The van der Waals surface area contributed by atoms with Crippen LogP contribution in [0.5, 0.6) is 0 Å². The van der Waals surface area contributed by atoms with Crippen molar-refractivity contribution in [2.45, 2.75) is 46.1 Å². The molecule has 0 aliphatic rings. The molecule has 18 heavy (non-hydrogen) atoms. The molecule has 0 bridgehead atoms. The Morgan fingerprint density at radius 2 is 1.94 bits per heavy atom. The summed E-state index contributed by atoms with van der Waals surface area (Å²) in [5, 5.41) is 12.9. The van der Waals surface area contributed by atoms with Gasteiger partial charge in [0.1, 0.15) is 16.2 Å². The Hall–Kier alpha value is -0.680. The second kappa shape index (κ2) is 5.97. The van der Waals surface area contributed by atoms with Crippen LogP contribution in [0.15, 0.2) is 10.7 Å². The quantitative estimate of drug-likeness (QED) is 0.839. The summed E-state index contributed by atoms with van der Waals surface area (Å²) >= 11 is 3.39. The predicted octanol–water partition coefficient (Wildman–Crippen LogP) is 2.97. The summed E-state index contributed by atoms with van der Waals surface area (Å²) in [5.74, 6) is 1.74. The van der Waals surface area contributed by atoms with Crippen molar-refractivity contribution in [3.05, 3.63) is 16.5 Å². The molecule has 0 fully saturated rings. The molecular formula is C13H22BrN3O. The van der Waals surface area contributed by atoms with Crippen molar-refractivity contribution in [3.8, 4) is 0 Å². The molecule has 1 rings (SSSR count). The largest absolute Gasteiger partial charge is 0.391 e. The van der Waals surface area contributed by atoms with Gasteiger partial charge in [0.2, 0.25) is 0 Å². The Morgan fingerprint density at radius 1 is 1.33 bits per heavy atom. The van der Waals surface area contributed by atoms with Crippen molar-refractivity contribution in [1.29, 1.82) is 0 Å². The monoisotopic (exact) mass is 315 g/mol. The summed E-state index contributed by atoms with van der Waals surface area (Å²) in [6, 6.07) is 1.82. The zero-order valence-electron chi connectivity index (χ0n) is 11.7. The normalized spacial score (nSPS) is 13.8. The molecule has 0 aromatic carbocycles. The number of anilines is 1. The smallest absolute Gasteiger partial charge is 0.137 e. The Labute approximate surface area is 117 Å². The minimum atomic E-state index is -0.378. The van der Waals surface area contributed by atoms with E-state index in [-0.39, 0.29) is 17.4 Å². The summed E-state index contributed by atoms with van der Waals surface area (Å²) in [5.41, 5.74) is -0.100. The fourth-order valence-electron chi connectivity index (χ4n) is 1.29. The van der Waals surface area contributed by atoms with E-state index < -0.39 is 0 Å². The molecule has 0 spiro atoms. The summed E-state index contributed by atoms with van der Waals surface area (Å²) in [6.07, 6.45) is -0.378. The zero-order valence-corrected chi connectivity index (χ0v) is 13.2. The lowest BCUT2D eigenvalue weighted by Crippen LogP contribution is -2.26. The first-order valence-corrected chi connectivity index (χ1v) is 6.96. The van der Waals surface area contributed by atoms with Gasteiger partial charge in [-0.15, -0.1) is 0 Å². The SMILES string of the molecule is CC(C)C(O)CNc1cc(Br)nc(C(C)(C)C)n1. The number of nitrogens with one attached hydrogen (secondary N) is 1. The van der Waals surface area contributed by atoms with Gasteiger partial charge in [-0.05, 0) is 21.8 Å². The molecule has 1 atom stereocenters. The maximum absolute atomic E-state index is 9.77. The average molecular weight is 316 g/mol. The minimum absolute atomic E-state index is 0.100. The third kappa shape index (κ3) is 4.53. The molecule has 0 saturated heterocycles. The van der Waals surface area contributed by atoms with Gasteiger partial charge in [-0.25, -0.2) is 9.97 Å². The van der Waals surface area contributed by atoms with Crippen molar-refractivity contribution in [2.75, 3.05) is 11.9 Å². The topological polar surface area (TPSA) is 58.0 Å². The van der Waals surface area contributed by atoms with Crippen molar-refractivity contribution >= 4 is 21.7 Å². The van der Waals surface area contributed by atoms with Gasteiger partial charge in [-0.1, -0.05) is 34.6 Å². The Balaban J connectivity index is 2.81. The van der Waals surface area contributed by atoms with E-state index in [1.54, 1.807) is 0 Å². The predicted molar refractivity (Wildman–Crippen MR) is 77.8 cm³/mol. The molecule has 1 aromatic rings. The lowest BCUT2D eigenvalue weighted by molar-refractivity contribution is 0.138. The number of hydrogen-bond donors (Lipinski definition) is 2. The Morgan fingerprint density at radius 3 is 2.44 bits per heavy atom. The summed E-state index contributed by atoms with van der Waals surface area (Å²) in [4.78, 5) is 8.84. The number of aliphatic hydroxyl groups is 1. The van der Waals surface area contributed by atoms with E-state index >= 15 is 0 Å². The highest BCUT2D eigenvalue weighted by Crippen LogP contribution is 2.22. The molecule has 5 heteroatoms. The van der Waals surface area contributed by atoms with Crippen molar-refractivity contribution in [2.24, 2.45) is 5.92 Å². The highest BCUT2D eigenvalue weighted by molar-refractivity contribution is 9.10. The zero-order chi connectivity index (χ0) is 13.9. The van der Waals surface area contributed by atoms with Crippen LogP contribution in [0.25, 0.3) is 0 Å². The van der Waals surface area contributed by atoms with Gasteiger partial charge in [0.25, 0.3) is 0 Å². The van der Waals surface area contributed by atoms with Crippen LogP contribution in [0.3, 0.4) is 0 Å². The first kappa shape index (κ1) is 15.4. The second-order valence-electron chi connectivity index (χ2n) is 5.84. The molecule has 0 radical (unpaired) electrons. The van der Waals surface area contributed by atoms with E-state index in [0.29, 0.717) is 6.54 Å². The van der Waals surface area contributed by atoms with Gasteiger partial charge in [-0.2, -0.15) is 0 Å². The molecular weight excluding hydrogens is 294 g/mol. The van der Waals surface area contributed by atoms with Crippen LogP contribution in [-0.2, 0) is 5.41 Å². The highest BCUT2D eigenvalue weighted by atomic mass is 79.9. The number of aromatic nitrogens is 2. The van der Waals surface area contributed by atoms with Crippen molar-refractivity contribution in [3.63, 3.8) is 0 Å².